The fourth-order valence-electron chi connectivity index (χ4n) is 1.91. The van der Waals surface area contributed by atoms with Crippen LogP contribution in [0.25, 0.3) is 5.69 Å². The van der Waals surface area contributed by atoms with Gasteiger partial charge in [0, 0.05) is 29.7 Å². The molecule has 1 amide bonds. The summed E-state index contributed by atoms with van der Waals surface area (Å²) < 4.78 is 1.54. The van der Waals surface area contributed by atoms with Crippen molar-refractivity contribution in [3.05, 3.63) is 75.9 Å². The Kier molecular flexibility index (Phi) is 3.76. The van der Waals surface area contributed by atoms with Crippen molar-refractivity contribution in [3.63, 3.8) is 0 Å². The Morgan fingerprint density at radius 2 is 2.18 bits per heavy atom. The van der Waals surface area contributed by atoms with Gasteiger partial charge in [-0.2, -0.15) is 5.10 Å². The van der Waals surface area contributed by atoms with Crippen molar-refractivity contribution in [3.8, 4) is 5.69 Å². The maximum Gasteiger partial charge on any atom is 0.259 e. The maximum absolute atomic E-state index is 12.1. The summed E-state index contributed by atoms with van der Waals surface area (Å²) in [6.45, 7) is 0. The summed E-state index contributed by atoms with van der Waals surface area (Å²) in [5.41, 5.74) is 0.990. The van der Waals surface area contributed by atoms with Gasteiger partial charge in [0.2, 0.25) is 5.43 Å². The number of hydrogen-bond donors (Lipinski definition) is 2. The molecule has 0 fully saturated rings. The molecular weight excluding hydrogens is 304 g/mol. The highest BCUT2D eigenvalue weighted by Crippen LogP contribution is 2.15. The van der Waals surface area contributed by atoms with Crippen LogP contribution in [0.1, 0.15) is 10.4 Å². The van der Waals surface area contributed by atoms with Crippen molar-refractivity contribution >= 4 is 23.2 Å². The van der Waals surface area contributed by atoms with Crippen LogP contribution in [0.15, 0.2) is 59.9 Å². The standard InChI is InChI=1S/C15H11ClN4O2/c16-11-2-1-3-12(6-11)20-9-10(7-18-20)15(22)19-13-8-17-5-4-14(13)21/h1-9H,(H,17,21)(H,19,22). The topological polar surface area (TPSA) is 79.8 Å². The summed E-state index contributed by atoms with van der Waals surface area (Å²) in [6, 6.07) is 8.44. The molecule has 0 bridgehead atoms. The second kappa shape index (κ2) is 5.87. The lowest BCUT2D eigenvalue weighted by Gasteiger charge is -2.02. The Hall–Kier alpha value is -2.86. The van der Waals surface area contributed by atoms with E-state index in [-0.39, 0.29) is 11.1 Å². The fraction of sp³-hybridized carbons (Fsp3) is 0. The molecule has 0 radical (unpaired) electrons. The highest BCUT2D eigenvalue weighted by atomic mass is 35.5. The molecule has 0 unspecified atom stereocenters. The van der Waals surface area contributed by atoms with Crippen LogP contribution in [0, 0.1) is 0 Å². The molecule has 2 N–H and O–H groups in total. The predicted octanol–water partition coefficient (Wildman–Crippen LogP) is 2.47. The van der Waals surface area contributed by atoms with Gasteiger partial charge in [-0.3, -0.25) is 9.59 Å². The number of amides is 1. The zero-order valence-electron chi connectivity index (χ0n) is 11.3. The monoisotopic (exact) mass is 314 g/mol. The quantitative estimate of drug-likeness (QED) is 0.779. The smallest absolute Gasteiger partial charge is 0.259 e. The van der Waals surface area contributed by atoms with E-state index in [1.54, 1.807) is 24.4 Å². The molecule has 3 aromatic rings. The average molecular weight is 315 g/mol. The van der Waals surface area contributed by atoms with Gasteiger partial charge in [0.1, 0.15) is 5.69 Å². The largest absolute Gasteiger partial charge is 0.366 e. The molecule has 1 aromatic carbocycles. The van der Waals surface area contributed by atoms with Gasteiger partial charge < -0.3 is 10.3 Å². The highest BCUT2D eigenvalue weighted by molar-refractivity contribution is 6.30. The summed E-state index contributed by atoms with van der Waals surface area (Å²) in [5, 5.41) is 7.24. The van der Waals surface area contributed by atoms with E-state index in [1.807, 2.05) is 6.07 Å². The predicted molar refractivity (Wildman–Crippen MR) is 83.6 cm³/mol. The molecule has 0 aliphatic carbocycles. The fourth-order valence-corrected chi connectivity index (χ4v) is 2.09. The first-order valence-electron chi connectivity index (χ1n) is 6.42. The Bertz CT molecular complexity index is 885. The lowest BCUT2D eigenvalue weighted by atomic mass is 10.3. The summed E-state index contributed by atoms with van der Waals surface area (Å²) in [5.74, 6) is -0.412. The molecule has 0 aliphatic heterocycles. The van der Waals surface area contributed by atoms with E-state index in [1.165, 1.54) is 29.3 Å². The third-order valence-corrected chi connectivity index (χ3v) is 3.22. The van der Waals surface area contributed by atoms with Crippen molar-refractivity contribution in [2.45, 2.75) is 0 Å². The van der Waals surface area contributed by atoms with Gasteiger partial charge in [-0.15, -0.1) is 0 Å². The first kappa shape index (κ1) is 14.1. The Morgan fingerprint density at radius 1 is 1.32 bits per heavy atom. The number of anilines is 1. The van der Waals surface area contributed by atoms with Gasteiger partial charge in [-0.1, -0.05) is 17.7 Å². The average Bonchev–Trinajstić information content (AvgIpc) is 2.99. The van der Waals surface area contributed by atoms with E-state index < -0.39 is 5.91 Å². The number of carbonyl (C=O) groups is 1. The summed E-state index contributed by atoms with van der Waals surface area (Å²) in [6.07, 6.45) is 5.92. The van der Waals surface area contributed by atoms with E-state index in [0.29, 0.717) is 10.6 Å². The van der Waals surface area contributed by atoms with Gasteiger partial charge in [0.05, 0.1) is 17.4 Å². The second-order valence-electron chi connectivity index (χ2n) is 4.53. The molecule has 6 nitrogen and oxygen atoms in total. The number of hydrogen-bond acceptors (Lipinski definition) is 3. The number of aromatic amines is 1. The number of aromatic nitrogens is 3. The van der Waals surface area contributed by atoms with E-state index in [0.717, 1.165) is 5.69 Å². The van der Waals surface area contributed by atoms with Gasteiger partial charge in [0.25, 0.3) is 5.91 Å². The molecule has 2 heterocycles. The summed E-state index contributed by atoms with van der Waals surface area (Å²) >= 11 is 5.93. The maximum atomic E-state index is 12.1. The Balaban J connectivity index is 1.83. The zero-order chi connectivity index (χ0) is 15.5. The Morgan fingerprint density at radius 3 is 2.95 bits per heavy atom. The molecule has 0 spiro atoms. The van der Waals surface area contributed by atoms with Crippen molar-refractivity contribution in [1.82, 2.24) is 14.8 Å². The molecule has 3 rings (SSSR count). The van der Waals surface area contributed by atoms with Gasteiger partial charge in [0.15, 0.2) is 0 Å². The van der Waals surface area contributed by atoms with Gasteiger partial charge in [-0.05, 0) is 18.2 Å². The van der Waals surface area contributed by atoms with Crippen LogP contribution >= 0.6 is 11.6 Å². The van der Waals surface area contributed by atoms with Crippen LogP contribution < -0.4 is 10.7 Å². The molecule has 7 heteroatoms. The molecular formula is C15H11ClN4O2. The zero-order valence-corrected chi connectivity index (χ0v) is 12.0. The van der Waals surface area contributed by atoms with E-state index in [9.17, 15) is 9.59 Å². The van der Waals surface area contributed by atoms with Crippen LogP contribution in [-0.2, 0) is 0 Å². The van der Waals surface area contributed by atoms with E-state index in [2.05, 4.69) is 15.4 Å². The number of nitrogens with one attached hydrogen (secondary N) is 2. The second-order valence-corrected chi connectivity index (χ2v) is 4.97. The molecule has 2 aromatic heterocycles. The number of rotatable bonds is 3. The normalized spacial score (nSPS) is 10.4. The lowest BCUT2D eigenvalue weighted by Crippen LogP contribution is -2.17. The number of halogens is 1. The number of nitrogens with zero attached hydrogens (tertiary/aromatic N) is 2. The van der Waals surface area contributed by atoms with E-state index in [4.69, 9.17) is 11.6 Å². The van der Waals surface area contributed by atoms with Crippen LogP contribution in [0.2, 0.25) is 5.02 Å². The molecule has 0 saturated carbocycles. The minimum absolute atomic E-state index is 0.183. The van der Waals surface area contributed by atoms with E-state index >= 15 is 0 Å². The number of benzene rings is 1. The van der Waals surface area contributed by atoms with Gasteiger partial charge >= 0.3 is 0 Å². The SMILES string of the molecule is O=C(Nc1c[nH]ccc1=O)c1cnn(-c2cccc(Cl)c2)c1. The van der Waals surface area contributed by atoms with Crippen molar-refractivity contribution < 1.29 is 4.79 Å². The van der Waals surface area contributed by atoms with Crippen molar-refractivity contribution in [2.75, 3.05) is 5.32 Å². The molecule has 22 heavy (non-hydrogen) atoms. The number of pyridine rings is 1. The minimum Gasteiger partial charge on any atom is -0.366 e. The van der Waals surface area contributed by atoms with Crippen molar-refractivity contribution in [2.24, 2.45) is 0 Å². The minimum atomic E-state index is -0.412. The molecule has 0 saturated heterocycles. The third kappa shape index (κ3) is 2.91. The van der Waals surface area contributed by atoms with Crippen LogP contribution in [-0.4, -0.2) is 20.7 Å². The first-order chi connectivity index (χ1) is 10.6. The third-order valence-electron chi connectivity index (χ3n) is 2.99. The molecule has 0 aliphatic rings. The summed E-state index contributed by atoms with van der Waals surface area (Å²) in [4.78, 5) is 26.5. The van der Waals surface area contributed by atoms with Crippen molar-refractivity contribution in [1.29, 1.82) is 0 Å². The van der Waals surface area contributed by atoms with Crippen LogP contribution in [0.5, 0.6) is 0 Å². The lowest BCUT2D eigenvalue weighted by molar-refractivity contribution is 0.102. The number of carbonyl (C=O) groups excluding carboxylic acids is 1. The van der Waals surface area contributed by atoms with Crippen LogP contribution in [0.3, 0.4) is 0 Å². The van der Waals surface area contributed by atoms with Crippen LogP contribution in [0.4, 0.5) is 5.69 Å². The Labute approximate surface area is 130 Å². The summed E-state index contributed by atoms with van der Waals surface area (Å²) in [7, 11) is 0. The first-order valence-corrected chi connectivity index (χ1v) is 6.80. The highest BCUT2D eigenvalue weighted by Gasteiger charge is 2.11. The molecule has 0 atom stereocenters. The molecule has 110 valence electrons. The number of H-pyrrole nitrogens is 1. The van der Waals surface area contributed by atoms with Gasteiger partial charge in [-0.25, -0.2) is 4.68 Å².